The van der Waals surface area contributed by atoms with Gasteiger partial charge in [-0.2, -0.15) is 0 Å². The fraction of sp³-hybridized carbons (Fsp3) is 0.591. The smallest absolute Gasteiger partial charge is 0.191 e. The van der Waals surface area contributed by atoms with Crippen LogP contribution in [-0.4, -0.2) is 47.5 Å². The molecular formula is C22H37IN6O. The molecule has 168 valence electrons. The van der Waals surface area contributed by atoms with Crippen molar-refractivity contribution >= 4 is 29.9 Å². The monoisotopic (exact) mass is 528 g/mol. The third kappa shape index (κ3) is 8.99. The van der Waals surface area contributed by atoms with Crippen LogP contribution >= 0.6 is 24.0 Å². The lowest BCUT2D eigenvalue weighted by molar-refractivity contribution is 0.208. The van der Waals surface area contributed by atoms with Crippen LogP contribution in [0, 0.1) is 5.92 Å². The number of hydrogen-bond acceptors (Lipinski definition) is 4. The summed E-state index contributed by atoms with van der Waals surface area (Å²) in [6.07, 6.45) is 3.75. The number of aryl methyl sites for hydroxylation is 1. The van der Waals surface area contributed by atoms with Crippen LogP contribution in [0.15, 0.2) is 35.6 Å². The Hall–Kier alpha value is -1.68. The van der Waals surface area contributed by atoms with Gasteiger partial charge in [-0.3, -0.25) is 4.99 Å². The van der Waals surface area contributed by atoms with E-state index >= 15 is 0 Å². The number of halogens is 1. The van der Waals surface area contributed by atoms with Crippen LogP contribution in [0.1, 0.15) is 50.7 Å². The second-order valence-electron chi connectivity index (χ2n) is 7.65. The van der Waals surface area contributed by atoms with E-state index in [9.17, 15) is 0 Å². The van der Waals surface area contributed by atoms with E-state index in [0.29, 0.717) is 19.1 Å². The molecule has 30 heavy (non-hydrogen) atoms. The first kappa shape index (κ1) is 26.4. The molecule has 8 heteroatoms. The Morgan fingerprint density at radius 2 is 1.93 bits per heavy atom. The lowest BCUT2D eigenvalue weighted by Crippen LogP contribution is -2.40. The third-order valence-corrected chi connectivity index (χ3v) is 4.70. The normalized spacial score (nSPS) is 12.5. The zero-order chi connectivity index (χ0) is 21.1. The predicted octanol–water partition coefficient (Wildman–Crippen LogP) is 3.60. The van der Waals surface area contributed by atoms with Gasteiger partial charge in [0.1, 0.15) is 12.2 Å². The van der Waals surface area contributed by atoms with E-state index in [0.717, 1.165) is 37.7 Å². The number of hydrogen-bond donors (Lipinski definition) is 2. The van der Waals surface area contributed by atoms with Gasteiger partial charge in [-0.15, -0.1) is 34.2 Å². The Morgan fingerprint density at radius 1 is 1.20 bits per heavy atom. The maximum atomic E-state index is 5.14. The summed E-state index contributed by atoms with van der Waals surface area (Å²) in [5.41, 5.74) is 2.62. The predicted molar refractivity (Wildman–Crippen MR) is 134 cm³/mol. The van der Waals surface area contributed by atoms with Crippen LogP contribution in [-0.2, 0) is 24.1 Å². The first-order valence-electron chi connectivity index (χ1n) is 10.5. The van der Waals surface area contributed by atoms with Gasteiger partial charge < -0.3 is 19.9 Å². The van der Waals surface area contributed by atoms with Gasteiger partial charge in [0, 0.05) is 26.6 Å². The maximum Gasteiger partial charge on any atom is 0.191 e. The molecule has 1 aromatic carbocycles. The minimum absolute atomic E-state index is 0. The summed E-state index contributed by atoms with van der Waals surface area (Å²) in [6, 6.07) is 9.00. The largest absolute Gasteiger partial charge is 0.383 e. The van der Waals surface area contributed by atoms with Crippen molar-refractivity contribution < 1.29 is 4.74 Å². The number of benzene rings is 1. The number of guanidine groups is 1. The number of aliphatic imine (C=N–C) groups is 1. The molecule has 0 aliphatic heterocycles. The quantitative estimate of drug-likeness (QED) is 0.202. The molecule has 1 unspecified atom stereocenters. The average Bonchev–Trinajstić information content (AvgIpc) is 3.15. The molecule has 7 nitrogen and oxygen atoms in total. The molecule has 0 aliphatic carbocycles. The molecule has 0 saturated carbocycles. The van der Waals surface area contributed by atoms with E-state index in [4.69, 9.17) is 4.74 Å². The standard InChI is InChI=1S/C22H36N6O.HI/c1-6-21-27-25-16-28(21)13-11-23-22(24-12-14-29-5)26-18(4)20-9-7-19(8-10-20)15-17(2)3;/h7-10,16-18H,6,11-15H2,1-5H3,(H2,23,24,26);1H. The number of nitrogens with one attached hydrogen (secondary N) is 2. The zero-order valence-corrected chi connectivity index (χ0v) is 21.2. The number of nitrogens with zero attached hydrogens (tertiary/aromatic N) is 4. The Kier molecular flexibility index (Phi) is 12.6. The highest BCUT2D eigenvalue weighted by atomic mass is 127. The Balaban J connectivity index is 0.00000450. The van der Waals surface area contributed by atoms with Crippen molar-refractivity contribution in [1.82, 2.24) is 25.4 Å². The average molecular weight is 528 g/mol. The van der Waals surface area contributed by atoms with E-state index in [1.54, 1.807) is 13.4 Å². The van der Waals surface area contributed by atoms with Gasteiger partial charge in [-0.05, 0) is 30.4 Å². The lowest BCUT2D eigenvalue weighted by Gasteiger charge is -2.19. The van der Waals surface area contributed by atoms with Crippen molar-refractivity contribution in [1.29, 1.82) is 0 Å². The van der Waals surface area contributed by atoms with Crippen LogP contribution in [0.2, 0.25) is 0 Å². The van der Waals surface area contributed by atoms with Gasteiger partial charge in [0.25, 0.3) is 0 Å². The summed E-state index contributed by atoms with van der Waals surface area (Å²) in [5.74, 6) is 2.44. The lowest BCUT2D eigenvalue weighted by atomic mass is 10.00. The number of ether oxygens (including phenoxy) is 1. The summed E-state index contributed by atoms with van der Waals surface area (Å²) >= 11 is 0. The van der Waals surface area contributed by atoms with Gasteiger partial charge in [0.15, 0.2) is 5.96 Å². The molecule has 1 atom stereocenters. The van der Waals surface area contributed by atoms with Crippen molar-refractivity contribution in [2.45, 2.75) is 53.1 Å². The van der Waals surface area contributed by atoms with Gasteiger partial charge in [-0.25, -0.2) is 0 Å². The minimum atomic E-state index is 0. The van der Waals surface area contributed by atoms with Crippen LogP contribution in [0.5, 0.6) is 0 Å². The van der Waals surface area contributed by atoms with Crippen molar-refractivity contribution in [3.8, 4) is 0 Å². The molecule has 1 aromatic heterocycles. The molecule has 1 heterocycles. The van der Waals surface area contributed by atoms with Crippen molar-refractivity contribution in [3.63, 3.8) is 0 Å². The fourth-order valence-corrected chi connectivity index (χ4v) is 3.14. The van der Waals surface area contributed by atoms with Gasteiger partial charge >= 0.3 is 0 Å². The van der Waals surface area contributed by atoms with Crippen molar-refractivity contribution in [3.05, 3.63) is 47.5 Å². The van der Waals surface area contributed by atoms with Gasteiger partial charge in [0.2, 0.25) is 0 Å². The summed E-state index contributed by atoms with van der Waals surface area (Å²) in [4.78, 5) is 4.63. The number of aromatic nitrogens is 3. The number of rotatable bonds is 11. The molecule has 2 rings (SSSR count). The SMILES string of the molecule is CCc1nncn1CCNC(=NCCOC)NC(C)c1ccc(CC(C)C)cc1.I. The van der Waals surface area contributed by atoms with Crippen LogP contribution in [0.4, 0.5) is 0 Å². The Morgan fingerprint density at radius 3 is 2.57 bits per heavy atom. The van der Waals surface area contributed by atoms with Crippen LogP contribution in [0.3, 0.4) is 0 Å². The highest BCUT2D eigenvalue weighted by molar-refractivity contribution is 14.0. The molecule has 0 bridgehead atoms. The second-order valence-corrected chi connectivity index (χ2v) is 7.65. The number of methoxy groups -OCH3 is 1. The molecular weight excluding hydrogens is 491 g/mol. The Labute approximate surface area is 198 Å². The molecule has 0 fully saturated rings. The first-order chi connectivity index (χ1) is 14.0. The summed E-state index contributed by atoms with van der Waals surface area (Å²) in [5, 5.41) is 15.0. The van der Waals surface area contributed by atoms with Crippen molar-refractivity contribution in [2.75, 3.05) is 26.8 Å². The Bertz CT molecular complexity index is 744. The van der Waals surface area contributed by atoms with E-state index in [-0.39, 0.29) is 30.0 Å². The highest BCUT2D eigenvalue weighted by Gasteiger charge is 2.09. The summed E-state index contributed by atoms with van der Waals surface area (Å²) in [7, 11) is 1.69. The summed E-state index contributed by atoms with van der Waals surface area (Å²) in [6.45, 7) is 11.5. The molecule has 0 aliphatic rings. The third-order valence-electron chi connectivity index (χ3n) is 4.70. The molecule has 0 spiro atoms. The van der Waals surface area contributed by atoms with Crippen molar-refractivity contribution in [2.24, 2.45) is 10.9 Å². The van der Waals surface area contributed by atoms with Crippen LogP contribution < -0.4 is 10.6 Å². The van der Waals surface area contributed by atoms with E-state index in [1.807, 2.05) is 0 Å². The zero-order valence-electron chi connectivity index (χ0n) is 18.9. The van der Waals surface area contributed by atoms with Gasteiger partial charge in [0.05, 0.1) is 19.2 Å². The molecule has 0 saturated heterocycles. The summed E-state index contributed by atoms with van der Waals surface area (Å²) < 4.78 is 7.20. The van der Waals surface area contributed by atoms with E-state index in [1.165, 1.54) is 11.1 Å². The highest BCUT2D eigenvalue weighted by Crippen LogP contribution is 2.15. The molecule has 2 aromatic rings. The maximum absolute atomic E-state index is 5.14. The van der Waals surface area contributed by atoms with E-state index in [2.05, 4.69) is 82.4 Å². The first-order valence-corrected chi connectivity index (χ1v) is 10.5. The molecule has 0 amide bonds. The molecule has 0 radical (unpaired) electrons. The fourth-order valence-electron chi connectivity index (χ4n) is 3.14. The minimum Gasteiger partial charge on any atom is -0.383 e. The van der Waals surface area contributed by atoms with E-state index < -0.39 is 0 Å². The topological polar surface area (TPSA) is 76.4 Å². The second kappa shape index (κ2) is 14.3. The van der Waals surface area contributed by atoms with Crippen LogP contribution in [0.25, 0.3) is 0 Å². The van der Waals surface area contributed by atoms with Gasteiger partial charge in [-0.1, -0.05) is 45.0 Å². The molecule has 2 N–H and O–H groups in total.